The number of nitro groups is 1. The molecule has 0 spiro atoms. The molecule has 2 rings (SSSR count). The van der Waals surface area contributed by atoms with Gasteiger partial charge in [0.05, 0.1) is 4.92 Å². The van der Waals surface area contributed by atoms with Crippen molar-refractivity contribution < 1.29 is 4.92 Å². The van der Waals surface area contributed by atoms with Crippen LogP contribution in [0.3, 0.4) is 0 Å². The Morgan fingerprint density at radius 2 is 1.60 bits per heavy atom. The third kappa shape index (κ3) is 3.80. The van der Waals surface area contributed by atoms with Crippen LogP contribution in [0.4, 0.5) is 5.69 Å². The normalized spacial score (nSPS) is 11.2. The summed E-state index contributed by atoms with van der Waals surface area (Å²) in [7, 11) is 0. The fourth-order valence-electron chi connectivity index (χ4n) is 1.67. The highest BCUT2D eigenvalue weighted by Gasteiger charge is 2.10. The van der Waals surface area contributed by atoms with Crippen LogP contribution in [0.2, 0.25) is 5.02 Å². The topological polar surface area (TPSA) is 43.1 Å². The molecule has 0 amide bonds. The summed E-state index contributed by atoms with van der Waals surface area (Å²) in [5, 5.41) is 10.8. The van der Waals surface area contributed by atoms with E-state index in [1.165, 1.54) is 6.07 Å². The average molecular weight is 286 g/mol. The summed E-state index contributed by atoms with van der Waals surface area (Å²) >= 11 is 5.84. The van der Waals surface area contributed by atoms with Gasteiger partial charge in [-0.15, -0.1) is 0 Å². The quantitative estimate of drug-likeness (QED) is 0.452. The molecule has 0 radical (unpaired) electrons. The van der Waals surface area contributed by atoms with E-state index in [0.29, 0.717) is 0 Å². The minimum atomic E-state index is -0.495. The first-order valence-electron chi connectivity index (χ1n) is 6.00. The zero-order valence-corrected chi connectivity index (χ0v) is 11.3. The Bertz CT molecular complexity index is 663. The SMILES string of the molecule is O=[N+]([O-])c1ccc(/C=C\C=C/c2ccccc2)cc1Cl. The van der Waals surface area contributed by atoms with Gasteiger partial charge in [-0.25, -0.2) is 0 Å². The fraction of sp³-hybridized carbons (Fsp3) is 0. The van der Waals surface area contributed by atoms with E-state index in [-0.39, 0.29) is 10.7 Å². The first-order chi connectivity index (χ1) is 9.66. The van der Waals surface area contributed by atoms with Crippen LogP contribution in [0.15, 0.2) is 60.7 Å². The van der Waals surface area contributed by atoms with Crippen molar-refractivity contribution in [3.8, 4) is 0 Å². The Morgan fingerprint density at radius 3 is 2.20 bits per heavy atom. The van der Waals surface area contributed by atoms with Crippen molar-refractivity contribution in [1.29, 1.82) is 0 Å². The second-order valence-corrected chi connectivity index (χ2v) is 4.50. The minimum absolute atomic E-state index is 0.0800. The third-order valence-corrected chi connectivity index (χ3v) is 2.96. The maximum atomic E-state index is 10.6. The zero-order valence-electron chi connectivity index (χ0n) is 10.6. The molecule has 0 atom stereocenters. The maximum Gasteiger partial charge on any atom is 0.287 e. The van der Waals surface area contributed by atoms with E-state index in [2.05, 4.69) is 0 Å². The molecule has 0 heterocycles. The molecule has 2 aromatic rings. The van der Waals surface area contributed by atoms with Crippen LogP contribution in [0.1, 0.15) is 11.1 Å². The standard InChI is InChI=1S/C16H12ClNO2/c17-15-12-14(10-11-16(15)18(19)20)9-5-4-8-13-6-2-1-3-7-13/h1-12H/b8-4-,9-5-. The molecule has 0 unspecified atom stereocenters. The molecule has 0 saturated heterocycles. The van der Waals surface area contributed by atoms with Crippen molar-refractivity contribution in [3.63, 3.8) is 0 Å². The molecular formula is C16H12ClNO2. The largest absolute Gasteiger partial charge is 0.287 e. The Morgan fingerprint density at radius 1 is 0.950 bits per heavy atom. The molecule has 20 heavy (non-hydrogen) atoms. The van der Waals surface area contributed by atoms with Gasteiger partial charge in [-0.2, -0.15) is 0 Å². The molecule has 0 aliphatic carbocycles. The number of hydrogen-bond donors (Lipinski definition) is 0. The number of hydrogen-bond acceptors (Lipinski definition) is 2. The number of nitrogens with zero attached hydrogens (tertiary/aromatic N) is 1. The van der Waals surface area contributed by atoms with Crippen LogP contribution < -0.4 is 0 Å². The molecule has 4 heteroatoms. The highest BCUT2D eigenvalue weighted by molar-refractivity contribution is 6.32. The third-order valence-electron chi connectivity index (χ3n) is 2.66. The van der Waals surface area contributed by atoms with Gasteiger partial charge in [0.2, 0.25) is 0 Å². The van der Waals surface area contributed by atoms with Gasteiger partial charge >= 0.3 is 0 Å². The fourth-order valence-corrected chi connectivity index (χ4v) is 1.93. The van der Waals surface area contributed by atoms with Crippen LogP contribution in [-0.2, 0) is 0 Å². The van der Waals surface area contributed by atoms with E-state index in [1.807, 2.05) is 54.6 Å². The monoisotopic (exact) mass is 285 g/mol. The lowest BCUT2D eigenvalue weighted by molar-refractivity contribution is -0.384. The van der Waals surface area contributed by atoms with Crippen molar-refractivity contribution in [3.05, 3.63) is 86.9 Å². The van der Waals surface area contributed by atoms with Gasteiger partial charge in [0.25, 0.3) is 5.69 Å². The van der Waals surface area contributed by atoms with Crippen LogP contribution in [0, 0.1) is 10.1 Å². The molecule has 0 fully saturated rings. The molecule has 0 bridgehead atoms. The summed E-state index contributed by atoms with van der Waals surface area (Å²) < 4.78 is 0. The lowest BCUT2D eigenvalue weighted by Crippen LogP contribution is -1.88. The van der Waals surface area contributed by atoms with Gasteiger partial charge in [0, 0.05) is 6.07 Å². The second kappa shape index (κ2) is 6.68. The molecule has 0 aromatic heterocycles. The van der Waals surface area contributed by atoms with Gasteiger partial charge in [-0.05, 0) is 23.3 Å². The van der Waals surface area contributed by atoms with E-state index in [9.17, 15) is 10.1 Å². The molecule has 0 N–H and O–H groups in total. The molecule has 0 aliphatic heterocycles. The van der Waals surface area contributed by atoms with Crippen molar-refractivity contribution >= 4 is 29.4 Å². The molecule has 0 saturated carbocycles. The predicted octanol–water partition coefficient (Wildman–Crippen LogP) is 4.97. The van der Waals surface area contributed by atoms with Crippen molar-refractivity contribution in [2.24, 2.45) is 0 Å². The molecular weight excluding hydrogens is 274 g/mol. The van der Waals surface area contributed by atoms with E-state index in [1.54, 1.807) is 12.1 Å². The van der Waals surface area contributed by atoms with Gasteiger partial charge in [-0.1, -0.05) is 66.2 Å². The number of halogens is 1. The number of rotatable bonds is 4. The number of nitro benzene ring substituents is 1. The average Bonchev–Trinajstić information content (AvgIpc) is 2.44. The summed E-state index contributed by atoms with van der Waals surface area (Å²) in [5.74, 6) is 0. The van der Waals surface area contributed by atoms with Gasteiger partial charge in [0.1, 0.15) is 5.02 Å². The molecule has 0 aliphatic rings. The summed E-state index contributed by atoms with van der Waals surface area (Å²) in [6.45, 7) is 0. The van der Waals surface area contributed by atoms with E-state index >= 15 is 0 Å². The number of benzene rings is 2. The Kier molecular flexibility index (Phi) is 4.69. The van der Waals surface area contributed by atoms with Gasteiger partial charge < -0.3 is 0 Å². The zero-order chi connectivity index (χ0) is 14.4. The maximum absolute atomic E-state index is 10.6. The summed E-state index contributed by atoms with van der Waals surface area (Å²) in [4.78, 5) is 10.1. The summed E-state index contributed by atoms with van der Waals surface area (Å²) in [6.07, 6.45) is 7.59. The van der Waals surface area contributed by atoms with Crippen LogP contribution in [0.5, 0.6) is 0 Å². The van der Waals surface area contributed by atoms with Crippen molar-refractivity contribution in [1.82, 2.24) is 0 Å². The smallest absolute Gasteiger partial charge is 0.258 e. The van der Waals surface area contributed by atoms with E-state index < -0.39 is 4.92 Å². The Balaban J connectivity index is 2.07. The van der Waals surface area contributed by atoms with Crippen molar-refractivity contribution in [2.45, 2.75) is 0 Å². The lowest BCUT2D eigenvalue weighted by Gasteiger charge is -1.96. The highest BCUT2D eigenvalue weighted by atomic mass is 35.5. The summed E-state index contributed by atoms with van der Waals surface area (Å²) in [5.41, 5.74) is 1.85. The molecule has 100 valence electrons. The van der Waals surface area contributed by atoms with E-state index in [4.69, 9.17) is 11.6 Å². The van der Waals surface area contributed by atoms with Gasteiger partial charge in [-0.3, -0.25) is 10.1 Å². The van der Waals surface area contributed by atoms with Crippen LogP contribution in [-0.4, -0.2) is 4.92 Å². The Hall–Kier alpha value is -2.39. The first kappa shape index (κ1) is 14.0. The molecule has 3 nitrogen and oxygen atoms in total. The predicted molar refractivity (Wildman–Crippen MR) is 82.6 cm³/mol. The van der Waals surface area contributed by atoms with E-state index in [0.717, 1.165) is 11.1 Å². The lowest BCUT2D eigenvalue weighted by atomic mass is 10.1. The van der Waals surface area contributed by atoms with Crippen molar-refractivity contribution in [2.75, 3.05) is 0 Å². The summed E-state index contributed by atoms with van der Waals surface area (Å²) in [6, 6.07) is 14.6. The Labute approximate surface area is 122 Å². The second-order valence-electron chi connectivity index (χ2n) is 4.10. The minimum Gasteiger partial charge on any atom is -0.258 e. The van der Waals surface area contributed by atoms with Crippen LogP contribution in [0.25, 0.3) is 12.2 Å². The number of allylic oxidation sites excluding steroid dienone is 2. The first-order valence-corrected chi connectivity index (χ1v) is 6.38. The molecule has 2 aromatic carbocycles. The van der Waals surface area contributed by atoms with Gasteiger partial charge in [0.15, 0.2) is 0 Å². The highest BCUT2D eigenvalue weighted by Crippen LogP contribution is 2.25. The van der Waals surface area contributed by atoms with Crippen LogP contribution >= 0.6 is 11.6 Å².